The molecule has 0 rings (SSSR count). The summed E-state index contributed by atoms with van der Waals surface area (Å²) in [6.45, 7) is 0. The summed E-state index contributed by atoms with van der Waals surface area (Å²) in [6.07, 6.45) is 0. The summed E-state index contributed by atoms with van der Waals surface area (Å²) in [5, 5.41) is 0. The molecule has 4 heavy (non-hydrogen) atoms. The molecule has 4 heteroatoms. The van der Waals surface area contributed by atoms with Crippen LogP contribution in [0.15, 0.2) is 0 Å². The van der Waals surface area contributed by atoms with Gasteiger partial charge in [-0.05, 0) is 0 Å². The van der Waals surface area contributed by atoms with Crippen molar-refractivity contribution >= 4 is 18.9 Å². The molecule has 0 atom stereocenters. The normalized spacial score (nSPS) is 0. The monoisotopic (exact) mass is 142 g/mol. The average Bonchev–Trinajstić information content (AvgIpc) is 0. The molecule has 0 aliphatic heterocycles. The van der Waals surface area contributed by atoms with Crippen molar-refractivity contribution in [1.82, 2.24) is 0 Å². The Morgan fingerprint density at radius 2 is 0.750 bits per heavy atom. The molecule has 0 unspecified atom stereocenters. The third kappa shape index (κ3) is 11.1. The second kappa shape index (κ2) is 31.4. The summed E-state index contributed by atoms with van der Waals surface area (Å²) >= 11 is 0. The Morgan fingerprint density at radius 3 is 0.750 bits per heavy atom. The van der Waals surface area contributed by atoms with Crippen molar-refractivity contribution in [2.45, 2.75) is 0 Å². The van der Waals surface area contributed by atoms with Crippen molar-refractivity contribution in [3.05, 3.63) is 0 Å². The van der Waals surface area contributed by atoms with Gasteiger partial charge in [-0.3, -0.25) is 0 Å². The fourth-order valence-electron chi connectivity index (χ4n) is 0. The van der Waals surface area contributed by atoms with E-state index in [-0.39, 0.29) is 49.3 Å². The fourth-order valence-corrected chi connectivity index (χ4v) is 0. The van der Waals surface area contributed by atoms with E-state index in [1.54, 1.807) is 0 Å². The van der Waals surface area contributed by atoms with Crippen LogP contribution in [0.4, 0.5) is 0 Å². The summed E-state index contributed by atoms with van der Waals surface area (Å²) < 4.78 is 0. The minimum Gasteiger partial charge on any atom is -2.00 e. The predicted molar refractivity (Wildman–Crippen MR) is 8.52 cm³/mol. The predicted octanol–water partition coefficient (Wildman–Crippen LogP) is -0.889. The Labute approximate surface area is 49.5 Å². The smallest absolute Gasteiger partial charge is 2.00 e. The van der Waals surface area contributed by atoms with Gasteiger partial charge in [0.1, 0.15) is 0 Å². The Hall–Kier alpha value is 1.14. The maximum Gasteiger partial charge on any atom is 4.00 e. The van der Waals surface area contributed by atoms with Crippen molar-refractivity contribution in [2.75, 3.05) is 0 Å². The molecule has 0 aromatic heterocycles. The number of rotatable bonds is 0. The molecule has 0 aromatic rings. The van der Waals surface area contributed by atoms with Gasteiger partial charge in [0.25, 0.3) is 0 Å². The molecule has 0 radical (unpaired) electrons. The van der Waals surface area contributed by atoms with Gasteiger partial charge < -0.3 is 11.0 Å². The minimum absolute atomic E-state index is 0. The summed E-state index contributed by atoms with van der Waals surface area (Å²) in [5.41, 5.74) is 0. The first kappa shape index (κ1) is 67.7. The largest absolute Gasteiger partial charge is 4.00 e. The van der Waals surface area contributed by atoms with Crippen molar-refractivity contribution in [3.8, 4) is 0 Å². The standard InChI is InChI=1S/Li.2O.Ru.H/q;2*-2;+4;. The van der Waals surface area contributed by atoms with Gasteiger partial charge in [0.05, 0.1) is 0 Å². The van der Waals surface area contributed by atoms with Gasteiger partial charge in [-0.1, -0.05) is 0 Å². The minimum atomic E-state index is 0. The topological polar surface area (TPSA) is 57.0 Å². The van der Waals surface area contributed by atoms with Crippen LogP contribution < -0.4 is 0 Å². The van der Waals surface area contributed by atoms with Gasteiger partial charge in [0.2, 0.25) is 0 Å². The van der Waals surface area contributed by atoms with Crippen molar-refractivity contribution in [2.24, 2.45) is 0 Å². The van der Waals surface area contributed by atoms with Crippen LogP contribution in [0.25, 0.3) is 0 Å². The zero-order valence-corrected chi connectivity index (χ0v) is 2.91. The summed E-state index contributed by atoms with van der Waals surface area (Å²) in [7, 11) is 0. The molecule has 0 fully saturated rings. The molecule has 0 N–H and O–H groups in total. The van der Waals surface area contributed by atoms with E-state index in [9.17, 15) is 0 Å². The maximum atomic E-state index is 0. The molecule has 0 aliphatic carbocycles. The molecule has 0 amide bonds. The third-order valence-electron chi connectivity index (χ3n) is 0. The van der Waals surface area contributed by atoms with Gasteiger partial charge in [-0.15, -0.1) is 0 Å². The fraction of sp³-hybridized carbons (Fsp3) is 0. The summed E-state index contributed by atoms with van der Waals surface area (Å²) in [6, 6.07) is 0. The van der Waals surface area contributed by atoms with E-state index in [1.807, 2.05) is 0 Å². The number of hydrogen-bond donors (Lipinski definition) is 0. The first-order valence-electron chi connectivity index (χ1n) is 0. The molecule has 0 saturated carbocycles. The summed E-state index contributed by atoms with van der Waals surface area (Å²) in [4.78, 5) is 0. The Balaban J connectivity index is 0. The van der Waals surface area contributed by atoms with Gasteiger partial charge in [0, 0.05) is 0 Å². The van der Waals surface area contributed by atoms with E-state index < -0.39 is 0 Å². The van der Waals surface area contributed by atoms with Gasteiger partial charge in [-0.25, -0.2) is 0 Å². The molecular formula is HLiO2Ru. The molecule has 22 valence electrons. The molecule has 0 spiro atoms. The van der Waals surface area contributed by atoms with E-state index in [1.165, 1.54) is 0 Å². The first-order chi connectivity index (χ1) is 0. The van der Waals surface area contributed by atoms with Crippen LogP contribution >= 0.6 is 0 Å². The third-order valence-corrected chi connectivity index (χ3v) is 0. The molecule has 0 bridgehead atoms. The van der Waals surface area contributed by atoms with Crippen LogP contribution in [0.2, 0.25) is 0 Å². The van der Waals surface area contributed by atoms with Crippen LogP contribution in [0.5, 0.6) is 0 Å². The Bertz CT molecular complexity index is 6.00. The second-order valence-electron chi connectivity index (χ2n) is 0. The Kier molecular flexibility index (Phi) is 531. The zero-order valence-electron chi connectivity index (χ0n) is 1.17. The van der Waals surface area contributed by atoms with Gasteiger partial charge in [0.15, 0.2) is 0 Å². The zero-order chi connectivity index (χ0) is 0. The molecule has 2 nitrogen and oxygen atoms in total. The van der Waals surface area contributed by atoms with Crippen molar-refractivity contribution in [3.63, 3.8) is 0 Å². The van der Waals surface area contributed by atoms with Crippen LogP contribution in [0.3, 0.4) is 0 Å². The van der Waals surface area contributed by atoms with Crippen molar-refractivity contribution < 1.29 is 30.4 Å². The van der Waals surface area contributed by atoms with Crippen LogP contribution in [0.1, 0.15) is 0 Å². The van der Waals surface area contributed by atoms with Gasteiger partial charge in [-0.2, -0.15) is 0 Å². The quantitative estimate of drug-likeness (QED) is 0.393. The van der Waals surface area contributed by atoms with Crippen LogP contribution in [0, 0.1) is 0 Å². The summed E-state index contributed by atoms with van der Waals surface area (Å²) in [5.74, 6) is 0. The first-order valence-corrected chi connectivity index (χ1v) is 0. The second-order valence-corrected chi connectivity index (χ2v) is 0. The van der Waals surface area contributed by atoms with E-state index in [4.69, 9.17) is 0 Å². The molecule has 0 saturated heterocycles. The molecule has 0 aliphatic rings. The average molecular weight is 141 g/mol. The number of hydrogen-bond acceptors (Lipinski definition) is 0. The van der Waals surface area contributed by atoms with Crippen LogP contribution in [-0.2, 0) is 30.4 Å². The van der Waals surface area contributed by atoms with Crippen molar-refractivity contribution in [1.29, 1.82) is 0 Å². The van der Waals surface area contributed by atoms with Crippen LogP contribution in [-0.4, -0.2) is 18.9 Å². The maximum absolute atomic E-state index is 0. The Morgan fingerprint density at radius 1 is 0.750 bits per heavy atom. The van der Waals surface area contributed by atoms with E-state index >= 15 is 0 Å². The molecule has 0 heterocycles. The van der Waals surface area contributed by atoms with E-state index in [2.05, 4.69) is 0 Å². The van der Waals surface area contributed by atoms with E-state index in [0.717, 1.165) is 0 Å². The molecular weight excluding hydrogens is 140 g/mol. The van der Waals surface area contributed by atoms with E-state index in [0.29, 0.717) is 0 Å². The molecule has 0 aromatic carbocycles. The SMILES string of the molecule is [LiH].[O-2].[O-2].[Ru+4]. The van der Waals surface area contributed by atoms with Gasteiger partial charge >= 0.3 is 38.3 Å².